The van der Waals surface area contributed by atoms with Crippen LogP contribution in [0.25, 0.3) is 0 Å². The maximum Gasteiger partial charge on any atom is 0.176 e. The Morgan fingerprint density at radius 2 is 1.84 bits per heavy atom. The van der Waals surface area contributed by atoms with Crippen LogP contribution >= 0.6 is 0 Å². The van der Waals surface area contributed by atoms with Gasteiger partial charge in [0, 0.05) is 5.56 Å². The summed E-state index contributed by atoms with van der Waals surface area (Å²) in [7, 11) is 0. The first-order chi connectivity index (χ1) is 9.25. The van der Waals surface area contributed by atoms with Gasteiger partial charge in [0.15, 0.2) is 5.78 Å². The number of carbonyl (C=O) groups excluding carboxylic acids is 1. The van der Waals surface area contributed by atoms with Gasteiger partial charge in [-0.1, -0.05) is 54.1 Å². The smallest absolute Gasteiger partial charge is 0.176 e. The van der Waals surface area contributed by atoms with Gasteiger partial charge >= 0.3 is 0 Å². The van der Waals surface area contributed by atoms with Crippen molar-refractivity contribution in [3.8, 4) is 0 Å². The predicted molar refractivity (Wildman–Crippen MR) is 78.5 cm³/mol. The van der Waals surface area contributed by atoms with Crippen LogP contribution in [0, 0.1) is 6.92 Å². The fraction of sp³-hybridized carbons (Fsp3) is 0.235. The Bertz CT molecular complexity index is 534. The molecule has 2 aromatic rings. The third-order valence-corrected chi connectivity index (χ3v) is 3.06. The van der Waals surface area contributed by atoms with Crippen LogP contribution in [0.5, 0.6) is 0 Å². The van der Waals surface area contributed by atoms with Crippen molar-refractivity contribution in [2.24, 2.45) is 0 Å². The molecule has 19 heavy (non-hydrogen) atoms. The Morgan fingerprint density at radius 3 is 2.58 bits per heavy atom. The summed E-state index contributed by atoms with van der Waals surface area (Å²) in [5.41, 5.74) is 3.19. The zero-order valence-electron chi connectivity index (χ0n) is 11.2. The highest BCUT2D eigenvalue weighted by atomic mass is 16.1. The number of hydrogen-bond acceptors (Lipinski definition) is 2. The molecule has 0 heterocycles. The number of ketones is 1. The Morgan fingerprint density at radius 1 is 1.05 bits per heavy atom. The lowest BCUT2D eigenvalue weighted by Gasteiger charge is -2.05. The number of nitrogens with one attached hydrogen (secondary N) is 1. The van der Waals surface area contributed by atoms with E-state index < -0.39 is 0 Å². The van der Waals surface area contributed by atoms with E-state index in [1.165, 1.54) is 5.56 Å². The van der Waals surface area contributed by atoms with E-state index in [0.29, 0.717) is 6.54 Å². The van der Waals surface area contributed by atoms with Crippen molar-refractivity contribution >= 4 is 5.78 Å². The summed E-state index contributed by atoms with van der Waals surface area (Å²) in [5, 5.41) is 3.20. The van der Waals surface area contributed by atoms with Crippen LogP contribution in [0.3, 0.4) is 0 Å². The molecule has 0 atom stereocenters. The van der Waals surface area contributed by atoms with Crippen LogP contribution < -0.4 is 5.32 Å². The summed E-state index contributed by atoms with van der Waals surface area (Å²) >= 11 is 0. The van der Waals surface area contributed by atoms with E-state index in [9.17, 15) is 4.79 Å². The monoisotopic (exact) mass is 253 g/mol. The van der Waals surface area contributed by atoms with Gasteiger partial charge in [-0.25, -0.2) is 0 Å². The lowest BCUT2D eigenvalue weighted by molar-refractivity contribution is 0.0991. The predicted octanol–water partition coefficient (Wildman–Crippen LogP) is 3.01. The highest BCUT2D eigenvalue weighted by Gasteiger charge is 2.04. The van der Waals surface area contributed by atoms with Gasteiger partial charge in [-0.05, 0) is 31.5 Å². The van der Waals surface area contributed by atoms with Crippen LogP contribution in [0.15, 0.2) is 54.6 Å². The largest absolute Gasteiger partial charge is 0.309 e. The van der Waals surface area contributed by atoms with Crippen LogP contribution in [0.4, 0.5) is 0 Å². The summed E-state index contributed by atoms with van der Waals surface area (Å²) < 4.78 is 0. The Hall–Kier alpha value is -1.93. The first-order valence-electron chi connectivity index (χ1n) is 6.60. The molecule has 2 rings (SSSR count). The summed E-state index contributed by atoms with van der Waals surface area (Å²) in [6, 6.07) is 18.0. The highest BCUT2D eigenvalue weighted by molar-refractivity contribution is 5.97. The van der Waals surface area contributed by atoms with Crippen molar-refractivity contribution in [2.45, 2.75) is 13.3 Å². The van der Waals surface area contributed by atoms with Crippen LogP contribution in [-0.4, -0.2) is 18.9 Å². The Labute approximate surface area is 114 Å². The van der Waals surface area contributed by atoms with Gasteiger partial charge < -0.3 is 5.32 Å². The third-order valence-electron chi connectivity index (χ3n) is 3.06. The first kappa shape index (κ1) is 13.5. The third kappa shape index (κ3) is 4.34. The van der Waals surface area contributed by atoms with E-state index >= 15 is 0 Å². The zero-order chi connectivity index (χ0) is 13.5. The Balaban J connectivity index is 1.75. The number of hydrogen-bond donors (Lipinski definition) is 1. The molecule has 0 unspecified atom stereocenters. The highest BCUT2D eigenvalue weighted by Crippen LogP contribution is 2.04. The van der Waals surface area contributed by atoms with Gasteiger partial charge in [-0.15, -0.1) is 0 Å². The van der Waals surface area contributed by atoms with Crippen LogP contribution in [0.2, 0.25) is 0 Å². The fourth-order valence-electron chi connectivity index (χ4n) is 2.00. The second kappa shape index (κ2) is 6.86. The number of aryl methyl sites for hydroxylation is 1. The average Bonchev–Trinajstić information content (AvgIpc) is 2.44. The maximum absolute atomic E-state index is 11.9. The van der Waals surface area contributed by atoms with Gasteiger partial charge in [0.2, 0.25) is 0 Å². The molecule has 0 aromatic heterocycles. The fourth-order valence-corrected chi connectivity index (χ4v) is 2.00. The summed E-state index contributed by atoms with van der Waals surface area (Å²) in [5.74, 6) is 0.150. The molecule has 0 aliphatic heterocycles. The maximum atomic E-state index is 11.9. The van der Waals surface area contributed by atoms with Crippen molar-refractivity contribution in [1.29, 1.82) is 0 Å². The molecule has 0 saturated heterocycles. The molecule has 0 saturated carbocycles. The molecule has 0 spiro atoms. The minimum Gasteiger partial charge on any atom is -0.309 e. The second-order valence-corrected chi connectivity index (χ2v) is 4.71. The van der Waals surface area contributed by atoms with E-state index in [-0.39, 0.29) is 5.78 Å². The van der Waals surface area contributed by atoms with E-state index in [1.54, 1.807) is 0 Å². The SMILES string of the molecule is Cc1cccc(C(=O)CNCCc2ccccc2)c1. The van der Waals surface area contributed by atoms with Crippen molar-refractivity contribution in [1.82, 2.24) is 5.32 Å². The van der Waals surface area contributed by atoms with Crippen molar-refractivity contribution in [2.75, 3.05) is 13.1 Å². The van der Waals surface area contributed by atoms with Gasteiger partial charge in [-0.3, -0.25) is 4.79 Å². The zero-order valence-corrected chi connectivity index (χ0v) is 11.2. The molecule has 1 N–H and O–H groups in total. The van der Waals surface area contributed by atoms with E-state index in [2.05, 4.69) is 17.4 Å². The molecule has 0 aliphatic carbocycles. The number of Topliss-reactive ketones (excluding diaryl/α,β-unsaturated/α-hetero) is 1. The minimum absolute atomic E-state index is 0.150. The minimum atomic E-state index is 0.150. The summed E-state index contributed by atoms with van der Waals surface area (Å²) in [4.78, 5) is 11.9. The number of carbonyl (C=O) groups is 1. The molecule has 0 fully saturated rings. The molecular formula is C17H19NO. The quantitative estimate of drug-likeness (QED) is 0.633. The molecule has 2 nitrogen and oxygen atoms in total. The first-order valence-corrected chi connectivity index (χ1v) is 6.60. The summed E-state index contributed by atoms with van der Waals surface area (Å²) in [6.07, 6.45) is 0.946. The van der Waals surface area contributed by atoms with Crippen molar-refractivity contribution in [3.63, 3.8) is 0 Å². The van der Waals surface area contributed by atoms with Gasteiger partial charge in [0.1, 0.15) is 0 Å². The summed E-state index contributed by atoms with van der Waals surface area (Å²) in [6.45, 7) is 3.22. The number of rotatable bonds is 6. The van der Waals surface area contributed by atoms with E-state index in [0.717, 1.165) is 24.1 Å². The normalized spacial score (nSPS) is 10.4. The lowest BCUT2D eigenvalue weighted by Crippen LogP contribution is -2.25. The molecule has 2 heteroatoms. The molecule has 98 valence electrons. The van der Waals surface area contributed by atoms with E-state index in [1.807, 2.05) is 49.4 Å². The lowest BCUT2D eigenvalue weighted by atomic mass is 10.1. The molecule has 0 amide bonds. The van der Waals surface area contributed by atoms with Gasteiger partial charge in [0.05, 0.1) is 6.54 Å². The topological polar surface area (TPSA) is 29.1 Å². The molecule has 0 bridgehead atoms. The Kier molecular flexibility index (Phi) is 4.87. The van der Waals surface area contributed by atoms with Gasteiger partial charge in [-0.2, -0.15) is 0 Å². The van der Waals surface area contributed by atoms with Crippen molar-refractivity contribution < 1.29 is 4.79 Å². The van der Waals surface area contributed by atoms with Crippen molar-refractivity contribution in [3.05, 3.63) is 71.3 Å². The molecule has 2 aromatic carbocycles. The number of benzene rings is 2. The van der Waals surface area contributed by atoms with Crippen LogP contribution in [-0.2, 0) is 6.42 Å². The molecule has 0 aliphatic rings. The molecular weight excluding hydrogens is 234 g/mol. The molecule has 0 radical (unpaired) electrons. The van der Waals surface area contributed by atoms with Gasteiger partial charge in [0.25, 0.3) is 0 Å². The average molecular weight is 253 g/mol. The standard InChI is InChI=1S/C17H19NO/c1-14-6-5-9-16(12-14)17(19)13-18-11-10-15-7-3-2-4-8-15/h2-9,12,18H,10-11,13H2,1H3. The van der Waals surface area contributed by atoms with E-state index in [4.69, 9.17) is 0 Å². The second-order valence-electron chi connectivity index (χ2n) is 4.71. The van der Waals surface area contributed by atoms with Crippen LogP contribution in [0.1, 0.15) is 21.5 Å².